The second-order valence-electron chi connectivity index (χ2n) is 3.69. The number of carboxylic acid groups (broad SMARTS) is 1. The van der Waals surface area contributed by atoms with Gasteiger partial charge in [0.25, 0.3) is 0 Å². The van der Waals surface area contributed by atoms with Crippen LogP contribution in [0.25, 0.3) is 11.3 Å². The van der Waals surface area contributed by atoms with Crippen LogP contribution in [0.4, 0.5) is 5.13 Å². The third kappa shape index (κ3) is 2.78. The molecule has 0 saturated heterocycles. The number of aromatic nitrogens is 1. The van der Waals surface area contributed by atoms with Crippen LogP contribution < -0.4 is 10.5 Å². The molecule has 3 N–H and O–H groups in total. The maximum absolute atomic E-state index is 10.6. The van der Waals surface area contributed by atoms with Gasteiger partial charge < -0.3 is 15.6 Å². The van der Waals surface area contributed by atoms with E-state index in [4.69, 9.17) is 15.6 Å². The number of hydrogen-bond donors (Lipinski definition) is 2. The van der Waals surface area contributed by atoms with Crippen LogP contribution in [0.3, 0.4) is 0 Å². The smallest absolute Gasteiger partial charge is 0.344 e. The molecule has 6 heteroatoms. The molecule has 0 bridgehead atoms. The van der Waals surface area contributed by atoms with Crippen molar-refractivity contribution in [2.75, 3.05) is 5.73 Å². The Balaban J connectivity index is 2.13. The quantitative estimate of drug-likeness (QED) is 0.884. The van der Waals surface area contributed by atoms with Crippen molar-refractivity contribution in [3.8, 4) is 17.0 Å². The largest absolute Gasteiger partial charge is 0.479 e. The maximum Gasteiger partial charge on any atom is 0.344 e. The van der Waals surface area contributed by atoms with E-state index in [9.17, 15) is 4.79 Å². The van der Waals surface area contributed by atoms with Crippen LogP contribution in [0.1, 0.15) is 6.92 Å². The summed E-state index contributed by atoms with van der Waals surface area (Å²) >= 11 is 1.38. The third-order valence-electron chi connectivity index (χ3n) is 2.33. The van der Waals surface area contributed by atoms with E-state index in [2.05, 4.69) is 4.98 Å². The molecule has 0 aliphatic heterocycles. The molecule has 0 amide bonds. The number of nitrogen functional groups attached to an aromatic ring is 1. The average molecular weight is 264 g/mol. The Kier molecular flexibility index (Phi) is 3.47. The van der Waals surface area contributed by atoms with Crippen molar-refractivity contribution < 1.29 is 14.6 Å². The van der Waals surface area contributed by atoms with E-state index < -0.39 is 12.1 Å². The molecule has 1 heterocycles. The van der Waals surface area contributed by atoms with Gasteiger partial charge in [-0.25, -0.2) is 9.78 Å². The fraction of sp³-hybridized carbons (Fsp3) is 0.167. The van der Waals surface area contributed by atoms with Crippen LogP contribution in [-0.2, 0) is 4.79 Å². The molecule has 0 saturated carbocycles. The molecule has 94 valence electrons. The van der Waals surface area contributed by atoms with Crippen LogP contribution in [0.15, 0.2) is 29.6 Å². The van der Waals surface area contributed by atoms with Gasteiger partial charge in [-0.3, -0.25) is 0 Å². The van der Waals surface area contributed by atoms with Gasteiger partial charge in [-0.05, 0) is 31.2 Å². The Hall–Kier alpha value is -2.08. The molecule has 0 spiro atoms. The second kappa shape index (κ2) is 5.05. The highest BCUT2D eigenvalue weighted by atomic mass is 32.1. The molecule has 0 radical (unpaired) electrons. The predicted octanol–water partition coefficient (Wildman–Crippen LogP) is 2.24. The molecule has 2 rings (SSSR count). The van der Waals surface area contributed by atoms with Crippen molar-refractivity contribution in [2.24, 2.45) is 0 Å². The number of carbonyl (C=O) groups is 1. The second-order valence-corrected chi connectivity index (χ2v) is 4.58. The summed E-state index contributed by atoms with van der Waals surface area (Å²) in [7, 11) is 0. The molecule has 1 aromatic heterocycles. The standard InChI is InChI=1S/C12H12N2O3S/c1-7(11(15)16)17-9-4-2-8(3-5-9)10-6-18-12(13)14-10/h2-7H,1H3,(H2,13,14)(H,15,16). The van der Waals surface area contributed by atoms with E-state index in [1.807, 2.05) is 17.5 Å². The fourth-order valence-electron chi connectivity index (χ4n) is 1.38. The Morgan fingerprint density at radius 2 is 2.11 bits per heavy atom. The number of ether oxygens (including phenoxy) is 1. The van der Waals surface area contributed by atoms with E-state index in [-0.39, 0.29) is 0 Å². The van der Waals surface area contributed by atoms with Crippen molar-refractivity contribution in [3.05, 3.63) is 29.6 Å². The van der Waals surface area contributed by atoms with Gasteiger partial charge in [-0.15, -0.1) is 11.3 Å². The minimum absolute atomic E-state index is 0.511. The van der Waals surface area contributed by atoms with Crippen LogP contribution >= 0.6 is 11.3 Å². The molecule has 18 heavy (non-hydrogen) atoms. The number of hydrogen-bond acceptors (Lipinski definition) is 5. The van der Waals surface area contributed by atoms with Gasteiger partial charge in [0.1, 0.15) is 5.75 Å². The molecule has 0 fully saturated rings. The number of aliphatic carboxylic acids is 1. The summed E-state index contributed by atoms with van der Waals surface area (Å²) in [5, 5.41) is 11.1. The van der Waals surface area contributed by atoms with Gasteiger partial charge in [-0.2, -0.15) is 0 Å². The molecule has 1 aromatic carbocycles. The van der Waals surface area contributed by atoms with Gasteiger partial charge in [0, 0.05) is 10.9 Å². The Morgan fingerprint density at radius 1 is 1.44 bits per heavy atom. The van der Waals surface area contributed by atoms with E-state index in [0.717, 1.165) is 11.3 Å². The first-order chi connectivity index (χ1) is 8.56. The fourth-order valence-corrected chi connectivity index (χ4v) is 1.95. The summed E-state index contributed by atoms with van der Waals surface area (Å²) in [6.45, 7) is 1.48. The number of nitrogens with zero attached hydrogens (tertiary/aromatic N) is 1. The summed E-state index contributed by atoms with van der Waals surface area (Å²) in [5.41, 5.74) is 7.28. The molecule has 1 atom stereocenters. The summed E-state index contributed by atoms with van der Waals surface area (Å²) < 4.78 is 5.23. The lowest BCUT2D eigenvalue weighted by Gasteiger charge is -2.10. The van der Waals surface area contributed by atoms with Crippen molar-refractivity contribution in [1.29, 1.82) is 0 Å². The minimum Gasteiger partial charge on any atom is -0.479 e. The SMILES string of the molecule is CC(Oc1ccc(-c2csc(N)n2)cc1)C(=O)O. The minimum atomic E-state index is -0.994. The zero-order valence-electron chi connectivity index (χ0n) is 9.66. The number of thiazole rings is 1. The number of carboxylic acids is 1. The first kappa shape index (κ1) is 12.4. The first-order valence-electron chi connectivity index (χ1n) is 5.27. The normalized spacial score (nSPS) is 12.1. The number of anilines is 1. The van der Waals surface area contributed by atoms with Crippen LogP contribution in [0.2, 0.25) is 0 Å². The topological polar surface area (TPSA) is 85.4 Å². The molecule has 0 aliphatic carbocycles. The lowest BCUT2D eigenvalue weighted by molar-refractivity contribution is -0.144. The zero-order chi connectivity index (χ0) is 13.1. The monoisotopic (exact) mass is 264 g/mol. The van der Waals surface area contributed by atoms with Crippen molar-refractivity contribution in [1.82, 2.24) is 4.98 Å². The van der Waals surface area contributed by atoms with Crippen LogP contribution in [0.5, 0.6) is 5.75 Å². The maximum atomic E-state index is 10.6. The Labute approximate surface area is 108 Å². The highest BCUT2D eigenvalue weighted by Gasteiger charge is 2.12. The molecule has 5 nitrogen and oxygen atoms in total. The van der Waals surface area contributed by atoms with Gasteiger partial charge in [0.2, 0.25) is 0 Å². The Morgan fingerprint density at radius 3 is 2.61 bits per heavy atom. The first-order valence-corrected chi connectivity index (χ1v) is 6.15. The molecule has 2 aromatic rings. The highest BCUT2D eigenvalue weighted by Crippen LogP contribution is 2.25. The number of rotatable bonds is 4. The lowest BCUT2D eigenvalue weighted by atomic mass is 10.2. The van der Waals surface area contributed by atoms with Crippen molar-refractivity contribution in [2.45, 2.75) is 13.0 Å². The van der Waals surface area contributed by atoms with Crippen molar-refractivity contribution in [3.63, 3.8) is 0 Å². The Bertz CT molecular complexity index is 551. The van der Waals surface area contributed by atoms with Gasteiger partial charge in [-0.1, -0.05) is 0 Å². The van der Waals surface area contributed by atoms with Crippen LogP contribution in [0, 0.1) is 0 Å². The molecular weight excluding hydrogens is 252 g/mol. The molecular formula is C12H12N2O3S. The highest BCUT2D eigenvalue weighted by molar-refractivity contribution is 7.13. The van der Waals surface area contributed by atoms with Crippen molar-refractivity contribution >= 4 is 22.4 Å². The lowest BCUT2D eigenvalue weighted by Crippen LogP contribution is -2.22. The van der Waals surface area contributed by atoms with Crippen LogP contribution in [-0.4, -0.2) is 22.2 Å². The number of nitrogens with two attached hydrogens (primary N) is 1. The molecule has 0 aliphatic rings. The average Bonchev–Trinajstić information content (AvgIpc) is 2.76. The number of benzene rings is 1. The van der Waals surface area contributed by atoms with Gasteiger partial charge >= 0.3 is 5.97 Å². The third-order valence-corrected chi connectivity index (χ3v) is 3.01. The zero-order valence-corrected chi connectivity index (χ0v) is 10.5. The summed E-state index contributed by atoms with van der Waals surface area (Å²) in [4.78, 5) is 14.8. The summed E-state index contributed by atoms with van der Waals surface area (Å²) in [5.74, 6) is -0.483. The van der Waals surface area contributed by atoms with E-state index in [1.165, 1.54) is 18.3 Å². The van der Waals surface area contributed by atoms with E-state index in [0.29, 0.717) is 10.9 Å². The van der Waals surface area contributed by atoms with Gasteiger partial charge in [0.15, 0.2) is 11.2 Å². The summed E-state index contributed by atoms with van der Waals surface area (Å²) in [6, 6.07) is 7.06. The molecule has 1 unspecified atom stereocenters. The van der Waals surface area contributed by atoms with Gasteiger partial charge in [0.05, 0.1) is 5.69 Å². The predicted molar refractivity (Wildman–Crippen MR) is 69.7 cm³/mol. The van der Waals surface area contributed by atoms with E-state index in [1.54, 1.807) is 12.1 Å². The van der Waals surface area contributed by atoms with E-state index >= 15 is 0 Å². The summed E-state index contributed by atoms with van der Waals surface area (Å²) in [6.07, 6.45) is -0.870.